The molecule has 94 valence electrons. The largest absolute Gasteiger partial charge is 0.316 e. The predicted molar refractivity (Wildman–Crippen MR) is 65.3 cm³/mol. The summed E-state index contributed by atoms with van der Waals surface area (Å²) in [6.07, 6.45) is 2.21. The Balaban J connectivity index is 2.13. The van der Waals surface area contributed by atoms with Gasteiger partial charge in [0.05, 0.1) is 0 Å². The van der Waals surface area contributed by atoms with Crippen LogP contribution in [0.1, 0.15) is 33.6 Å². The van der Waals surface area contributed by atoms with Crippen LogP contribution in [0, 0.1) is 5.92 Å². The van der Waals surface area contributed by atoms with Crippen molar-refractivity contribution >= 4 is 11.8 Å². The maximum Gasteiger partial charge on any atom is 0.257 e. The average molecular weight is 236 g/mol. The molecule has 4 heteroatoms. The number of nitrogens with one attached hydrogen (secondary N) is 1. The minimum atomic E-state index is -0.106. The SMILES string of the molecule is CC1=C(C)C(=O)N(C(C)C2CCCNC2)C1=O. The van der Waals surface area contributed by atoms with Gasteiger partial charge < -0.3 is 5.32 Å². The molecule has 2 unspecified atom stereocenters. The molecule has 2 amide bonds. The molecule has 2 atom stereocenters. The third kappa shape index (κ3) is 2.02. The molecule has 0 radical (unpaired) electrons. The van der Waals surface area contributed by atoms with Crippen LogP contribution in [-0.4, -0.2) is 35.8 Å². The van der Waals surface area contributed by atoms with E-state index < -0.39 is 0 Å². The van der Waals surface area contributed by atoms with E-state index in [1.807, 2.05) is 6.92 Å². The van der Waals surface area contributed by atoms with Crippen LogP contribution in [0.15, 0.2) is 11.1 Å². The molecule has 1 saturated heterocycles. The Morgan fingerprint density at radius 3 is 2.29 bits per heavy atom. The summed E-state index contributed by atoms with van der Waals surface area (Å²) in [5.41, 5.74) is 1.20. The van der Waals surface area contributed by atoms with Crippen molar-refractivity contribution in [1.29, 1.82) is 0 Å². The molecular weight excluding hydrogens is 216 g/mol. The lowest BCUT2D eigenvalue weighted by Crippen LogP contribution is -2.47. The van der Waals surface area contributed by atoms with Gasteiger partial charge in [0.1, 0.15) is 0 Å². The van der Waals surface area contributed by atoms with Crippen LogP contribution in [0.2, 0.25) is 0 Å². The van der Waals surface area contributed by atoms with Crippen LogP contribution in [0.4, 0.5) is 0 Å². The van der Waals surface area contributed by atoms with E-state index >= 15 is 0 Å². The molecular formula is C13H20N2O2. The van der Waals surface area contributed by atoms with Gasteiger partial charge in [-0.05, 0) is 52.6 Å². The lowest BCUT2D eigenvalue weighted by atomic mass is 9.92. The predicted octanol–water partition coefficient (Wildman–Crippen LogP) is 1.08. The first kappa shape index (κ1) is 12.3. The highest BCUT2D eigenvalue weighted by Gasteiger charge is 2.39. The number of piperidine rings is 1. The van der Waals surface area contributed by atoms with Gasteiger partial charge in [0.15, 0.2) is 0 Å². The number of hydrogen-bond donors (Lipinski definition) is 1. The highest BCUT2D eigenvalue weighted by molar-refractivity contribution is 6.18. The number of carbonyl (C=O) groups excluding carboxylic acids is 2. The number of nitrogens with zero attached hydrogens (tertiary/aromatic N) is 1. The molecule has 0 aromatic heterocycles. The molecule has 0 aromatic rings. The fourth-order valence-corrected chi connectivity index (χ4v) is 2.65. The van der Waals surface area contributed by atoms with E-state index in [9.17, 15) is 9.59 Å². The summed E-state index contributed by atoms with van der Waals surface area (Å²) >= 11 is 0. The van der Waals surface area contributed by atoms with Crippen LogP contribution < -0.4 is 5.32 Å². The van der Waals surface area contributed by atoms with Crippen molar-refractivity contribution in [2.45, 2.75) is 39.7 Å². The normalized spacial score (nSPS) is 27.9. The summed E-state index contributed by atoms with van der Waals surface area (Å²) in [5.74, 6) is 0.173. The van der Waals surface area contributed by atoms with E-state index in [4.69, 9.17) is 0 Å². The fourth-order valence-electron chi connectivity index (χ4n) is 2.65. The van der Waals surface area contributed by atoms with Gasteiger partial charge in [0.2, 0.25) is 0 Å². The highest BCUT2D eigenvalue weighted by atomic mass is 16.2. The second kappa shape index (κ2) is 4.61. The highest BCUT2D eigenvalue weighted by Crippen LogP contribution is 2.27. The van der Waals surface area contributed by atoms with E-state index in [1.165, 1.54) is 4.90 Å². The van der Waals surface area contributed by atoms with Crippen molar-refractivity contribution in [1.82, 2.24) is 10.2 Å². The quantitative estimate of drug-likeness (QED) is 0.730. The molecule has 0 aliphatic carbocycles. The van der Waals surface area contributed by atoms with E-state index in [2.05, 4.69) is 5.32 Å². The summed E-state index contributed by atoms with van der Waals surface area (Å²) in [6.45, 7) is 7.40. The van der Waals surface area contributed by atoms with Gasteiger partial charge in [0, 0.05) is 17.2 Å². The molecule has 4 nitrogen and oxygen atoms in total. The molecule has 0 spiro atoms. The van der Waals surface area contributed by atoms with Crippen molar-refractivity contribution < 1.29 is 9.59 Å². The minimum Gasteiger partial charge on any atom is -0.316 e. The van der Waals surface area contributed by atoms with Crippen LogP contribution in [0.25, 0.3) is 0 Å². The monoisotopic (exact) mass is 236 g/mol. The van der Waals surface area contributed by atoms with Crippen LogP contribution in [0.5, 0.6) is 0 Å². The molecule has 1 N–H and O–H groups in total. The summed E-state index contributed by atoms with van der Waals surface area (Å²) in [5, 5.41) is 3.33. The second-order valence-electron chi connectivity index (χ2n) is 5.08. The number of carbonyl (C=O) groups is 2. The second-order valence-corrected chi connectivity index (χ2v) is 5.08. The van der Waals surface area contributed by atoms with Crippen molar-refractivity contribution in [3.8, 4) is 0 Å². The zero-order valence-electron chi connectivity index (χ0n) is 10.7. The first-order valence-corrected chi connectivity index (χ1v) is 6.30. The Morgan fingerprint density at radius 2 is 1.82 bits per heavy atom. The fraction of sp³-hybridized carbons (Fsp3) is 0.692. The molecule has 2 aliphatic rings. The van der Waals surface area contributed by atoms with Crippen molar-refractivity contribution in [2.75, 3.05) is 13.1 Å². The molecule has 2 aliphatic heterocycles. The van der Waals surface area contributed by atoms with Gasteiger partial charge in [-0.3, -0.25) is 14.5 Å². The van der Waals surface area contributed by atoms with Gasteiger partial charge in [-0.2, -0.15) is 0 Å². The summed E-state index contributed by atoms with van der Waals surface area (Å²) in [7, 11) is 0. The van der Waals surface area contributed by atoms with Gasteiger partial charge in [-0.1, -0.05) is 0 Å². The maximum atomic E-state index is 12.0. The Bertz CT molecular complexity index is 357. The van der Waals surface area contributed by atoms with Gasteiger partial charge in [-0.25, -0.2) is 0 Å². The summed E-state index contributed by atoms with van der Waals surface area (Å²) in [6, 6.07) is -0.00444. The van der Waals surface area contributed by atoms with Crippen LogP contribution >= 0.6 is 0 Å². The first-order chi connectivity index (χ1) is 8.04. The molecule has 1 fully saturated rings. The number of hydrogen-bond acceptors (Lipinski definition) is 3. The zero-order valence-corrected chi connectivity index (χ0v) is 10.7. The van der Waals surface area contributed by atoms with Crippen LogP contribution in [0.3, 0.4) is 0 Å². The Morgan fingerprint density at radius 1 is 1.24 bits per heavy atom. The Labute approximate surface area is 102 Å². The van der Waals surface area contributed by atoms with Crippen LogP contribution in [-0.2, 0) is 9.59 Å². The lowest BCUT2D eigenvalue weighted by molar-refractivity contribution is -0.141. The molecule has 0 saturated carbocycles. The molecule has 0 bridgehead atoms. The third-order valence-corrected chi connectivity index (χ3v) is 4.07. The standard InChI is InChI=1S/C13H20N2O2/c1-8-9(2)13(17)15(12(8)16)10(3)11-5-4-6-14-7-11/h10-11,14H,4-7H2,1-3H3. The van der Waals surface area contributed by atoms with Gasteiger partial charge >= 0.3 is 0 Å². The molecule has 2 rings (SSSR count). The minimum absolute atomic E-state index is 0.00444. The van der Waals surface area contributed by atoms with Gasteiger partial charge in [0.25, 0.3) is 11.8 Å². The van der Waals surface area contributed by atoms with Crippen molar-refractivity contribution in [3.05, 3.63) is 11.1 Å². The van der Waals surface area contributed by atoms with E-state index in [0.717, 1.165) is 25.9 Å². The third-order valence-electron chi connectivity index (χ3n) is 4.07. The molecule has 0 aromatic carbocycles. The van der Waals surface area contributed by atoms with E-state index in [1.54, 1.807) is 13.8 Å². The van der Waals surface area contributed by atoms with E-state index in [0.29, 0.717) is 17.1 Å². The maximum absolute atomic E-state index is 12.0. The summed E-state index contributed by atoms with van der Waals surface area (Å²) in [4.78, 5) is 25.5. The van der Waals surface area contributed by atoms with Crippen molar-refractivity contribution in [3.63, 3.8) is 0 Å². The molecule has 2 heterocycles. The first-order valence-electron chi connectivity index (χ1n) is 6.30. The average Bonchev–Trinajstić information content (AvgIpc) is 2.54. The number of amides is 2. The number of imide groups is 1. The topological polar surface area (TPSA) is 49.4 Å². The number of rotatable bonds is 2. The molecule has 17 heavy (non-hydrogen) atoms. The van der Waals surface area contributed by atoms with E-state index in [-0.39, 0.29) is 17.9 Å². The van der Waals surface area contributed by atoms with Crippen molar-refractivity contribution in [2.24, 2.45) is 5.92 Å². The smallest absolute Gasteiger partial charge is 0.257 e. The summed E-state index contributed by atoms with van der Waals surface area (Å²) < 4.78 is 0. The Kier molecular flexibility index (Phi) is 3.33. The zero-order chi connectivity index (χ0) is 12.6. The Hall–Kier alpha value is -1.16. The van der Waals surface area contributed by atoms with Gasteiger partial charge in [-0.15, -0.1) is 0 Å². The lowest BCUT2D eigenvalue weighted by Gasteiger charge is -2.33.